The molecule has 1 saturated carbocycles. The number of hydrogen-bond donors (Lipinski definition) is 1. The normalized spacial score (nSPS) is 27.4. The van der Waals surface area contributed by atoms with Crippen molar-refractivity contribution < 1.29 is 9.84 Å². The molecule has 0 bridgehead atoms. The monoisotopic (exact) mass is 418 g/mol. The fourth-order valence-corrected chi connectivity index (χ4v) is 5.60. The predicted molar refractivity (Wildman–Crippen MR) is 118 cm³/mol. The molecule has 0 radical (unpaired) electrons. The van der Waals surface area contributed by atoms with E-state index in [0.717, 1.165) is 61.7 Å². The first kappa shape index (κ1) is 20.3. The molecule has 3 aliphatic rings. The molecule has 2 fully saturated rings. The zero-order chi connectivity index (χ0) is 21.5. The fourth-order valence-electron chi connectivity index (χ4n) is 5.60. The third-order valence-corrected chi connectivity index (χ3v) is 7.24. The first-order chi connectivity index (χ1) is 15.0. The fraction of sp³-hybridized carbons (Fsp3) is 0.560. The van der Waals surface area contributed by atoms with Gasteiger partial charge in [0.05, 0.1) is 17.4 Å². The van der Waals surface area contributed by atoms with Crippen LogP contribution in [0.3, 0.4) is 0 Å². The second kappa shape index (κ2) is 8.12. The molecule has 3 heterocycles. The lowest BCUT2D eigenvalue weighted by molar-refractivity contribution is -0.0236. The van der Waals surface area contributed by atoms with E-state index in [4.69, 9.17) is 9.72 Å². The van der Waals surface area contributed by atoms with E-state index in [9.17, 15) is 10.4 Å². The summed E-state index contributed by atoms with van der Waals surface area (Å²) >= 11 is 0. The number of aryl methyl sites for hydroxylation is 4. The Kier molecular flexibility index (Phi) is 5.31. The standard InChI is InChI=1S/C25H30N4O2/c1-15-7-8-23(16(2)27-15)31-24-11-20-14-29(13-19(20)10-22(24)30)25-18(12-26)9-17-5-3-4-6-21(17)28-25/h7-9,19-20,22,24,30H,3-6,10-11,13-14H2,1-2H3/t19-,20+,22+,24+/m0/s1. The highest BCUT2D eigenvalue weighted by molar-refractivity contribution is 5.57. The summed E-state index contributed by atoms with van der Waals surface area (Å²) in [5, 5.41) is 20.6. The SMILES string of the molecule is Cc1ccc(O[C@@H]2C[C@@H]3CN(c4nc5c(cc4C#N)CCCC5)C[C@@H]3C[C@H]2O)c(C)n1. The zero-order valence-electron chi connectivity index (χ0n) is 18.3. The number of fused-ring (bicyclic) bond motifs is 2. The quantitative estimate of drug-likeness (QED) is 0.822. The molecule has 6 nitrogen and oxygen atoms in total. The maximum absolute atomic E-state index is 10.8. The van der Waals surface area contributed by atoms with Crippen molar-refractivity contribution in [2.75, 3.05) is 18.0 Å². The highest BCUT2D eigenvalue weighted by Crippen LogP contribution is 2.40. The molecule has 2 aromatic rings. The van der Waals surface area contributed by atoms with Gasteiger partial charge in [-0.2, -0.15) is 5.26 Å². The van der Waals surface area contributed by atoms with E-state index in [-0.39, 0.29) is 6.10 Å². The lowest BCUT2D eigenvalue weighted by Gasteiger charge is -2.35. The minimum absolute atomic E-state index is 0.226. The minimum Gasteiger partial charge on any atom is -0.486 e. The van der Waals surface area contributed by atoms with Crippen LogP contribution in [0.5, 0.6) is 5.75 Å². The molecule has 1 N–H and O–H groups in total. The minimum atomic E-state index is -0.492. The van der Waals surface area contributed by atoms with E-state index in [0.29, 0.717) is 17.4 Å². The molecule has 1 aliphatic heterocycles. The molecule has 162 valence electrons. The van der Waals surface area contributed by atoms with Crippen LogP contribution in [0.25, 0.3) is 0 Å². The highest BCUT2D eigenvalue weighted by atomic mass is 16.5. The average molecular weight is 419 g/mol. The molecule has 2 aliphatic carbocycles. The van der Waals surface area contributed by atoms with E-state index in [1.165, 1.54) is 24.1 Å². The van der Waals surface area contributed by atoms with Gasteiger partial charge in [-0.25, -0.2) is 4.98 Å². The van der Waals surface area contributed by atoms with Gasteiger partial charge in [0.15, 0.2) is 0 Å². The van der Waals surface area contributed by atoms with E-state index in [1.807, 2.05) is 26.0 Å². The van der Waals surface area contributed by atoms with E-state index >= 15 is 0 Å². The molecular formula is C25H30N4O2. The van der Waals surface area contributed by atoms with Crippen LogP contribution in [-0.2, 0) is 12.8 Å². The Morgan fingerprint density at radius 3 is 2.65 bits per heavy atom. The molecule has 5 rings (SSSR count). The van der Waals surface area contributed by atoms with Crippen LogP contribution in [0.4, 0.5) is 5.82 Å². The van der Waals surface area contributed by atoms with E-state index < -0.39 is 6.10 Å². The lowest BCUT2D eigenvalue weighted by Crippen LogP contribution is -2.42. The van der Waals surface area contributed by atoms with Gasteiger partial charge in [-0.1, -0.05) is 0 Å². The number of rotatable bonds is 3. The molecule has 1 saturated heterocycles. The van der Waals surface area contributed by atoms with Gasteiger partial charge in [-0.05, 0) is 88.0 Å². The topological polar surface area (TPSA) is 82.3 Å². The van der Waals surface area contributed by atoms with Crippen LogP contribution >= 0.6 is 0 Å². The number of aliphatic hydroxyl groups is 1. The molecule has 2 aromatic heterocycles. The summed E-state index contributed by atoms with van der Waals surface area (Å²) in [5.74, 6) is 2.42. The first-order valence-corrected chi connectivity index (χ1v) is 11.5. The number of nitrogens with zero attached hydrogens (tertiary/aromatic N) is 4. The van der Waals surface area contributed by atoms with E-state index in [1.54, 1.807) is 0 Å². The van der Waals surface area contributed by atoms with Crippen LogP contribution in [-0.4, -0.2) is 40.4 Å². The number of nitriles is 1. The molecule has 0 spiro atoms. The number of hydrogen-bond acceptors (Lipinski definition) is 6. The van der Waals surface area contributed by atoms with Gasteiger partial charge >= 0.3 is 0 Å². The smallest absolute Gasteiger partial charge is 0.146 e. The van der Waals surface area contributed by atoms with Gasteiger partial charge < -0.3 is 14.7 Å². The van der Waals surface area contributed by atoms with Gasteiger partial charge in [-0.3, -0.25) is 4.98 Å². The lowest BCUT2D eigenvalue weighted by atomic mass is 9.78. The Hall–Kier alpha value is -2.65. The summed E-state index contributed by atoms with van der Waals surface area (Å²) in [6, 6.07) is 8.34. The van der Waals surface area contributed by atoms with Gasteiger partial charge in [0.1, 0.15) is 23.7 Å². The Labute approximate surface area is 183 Å². The molecule has 6 heteroatoms. The Morgan fingerprint density at radius 2 is 1.87 bits per heavy atom. The van der Waals surface area contributed by atoms with E-state index in [2.05, 4.69) is 22.0 Å². The Bertz CT molecular complexity index is 1030. The average Bonchev–Trinajstić information content (AvgIpc) is 3.17. The van der Waals surface area contributed by atoms with Crippen LogP contribution in [0, 0.1) is 37.0 Å². The van der Waals surface area contributed by atoms with Gasteiger partial charge in [0, 0.05) is 24.5 Å². The third-order valence-electron chi connectivity index (χ3n) is 7.24. The molecule has 4 atom stereocenters. The summed E-state index contributed by atoms with van der Waals surface area (Å²) < 4.78 is 6.22. The Morgan fingerprint density at radius 1 is 1.10 bits per heavy atom. The number of aromatic nitrogens is 2. The van der Waals surface area contributed by atoms with Crippen molar-refractivity contribution in [2.24, 2.45) is 11.8 Å². The molecule has 0 aromatic carbocycles. The van der Waals surface area contributed by atoms with Gasteiger partial charge in [-0.15, -0.1) is 0 Å². The largest absolute Gasteiger partial charge is 0.486 e. The molecular weight excluding hydrogens is 388 g/mol. The summed E-state index contributed by atoms with van der Waals surface area (Å²) in [4.78, 5) is 11.7. The second-order valence-corrected chi connectivity index (χ2v) is 9.44. The van der Waals surface area contributed by atoms with Crippen molar-refractivity contribution >= 4 is 5.82 Å². The second-order valence-electron chi connectivity index (χ2n) is 9.44. The van der Waals surface area contributed by atoms with Crippen molar-refractivity contribution in [1.82, 2.24) is 9.97 Å². The summed E-state index contributed by atoms with van der Waals surface area (Å²) in [5.41, 5.74) is 4.92. The van der Waals surface area contributed by atoms with Crippen molar-refractivity contribution in [3.8, 4) is 11.8 Å². The van der Waals surface area contributed by atoms with Gasteiger partial charge in [0.2, 0.25) is 0 Å². The maximum Gasteiger partial charge on any atom is 0.146 e. The number of aliphatic hydroxyl groups excluding tert-OH is 1. The number of pyridine rings is 2. The maximum atomic E-state index is 10.8. The van der Waals surface area contributed by atoms with Crippen molar-refractivity contribution in [3.63, 3.8) is 0 Å². The van der Waals surface area contributed by atoms with Crippen molar-refractivity contribution in [1.29, 1.82) is 5.26 Å². The molecule has 0 unspecified atom stereocenters. The summed E-state index contributed by atoms with van der Waals surface area (Å²) in [6.07, 6.45) is 5.20. The summed E-state index contributed by atoms with van der Waals surface area (Å²) in [7, 11) is 0. The molecule has 0 amide bonds. The highest BCUT2D eigenvalue weighted by Gasteiger charge is 2.43. The number of ether oxygens (including phenoxy) is 1. The summed E-state index contributed by atoms with van der Waals surface area (Å²) in [6.45, 7) is 5.62. The zero-order valence-corrected chi connectivity index (χ0v) is 18.3. The van der Waals surface area contributed by atoms with Gasteiger partial charge in [0.25, 0.3) is 0 Å². The first-order valence-electron chi connectivity index (χ1n) is 11.5. The third kappa shape index (κ3) is 3.87. The van der Waals surface area contributed by atoms with Crippen LogP contribution in [0.15, 0.2) is 18.2 Å². The molecule has 31 heavy (non-hydrogen) atoms. The van der Waals surface area contributed by atoms with Crippen LogP contribution in [0.2, 0.25) is 0 Å². The number of anilines is 1. The Balaban J connectivity index is 1.33. The van der Waals surface area contributed by atoms with Crippen molar-refractivity contribution in [3.05, 3.63) is 46.4 Å². The van der Waals surface area contributed by atoms with Crippen LogP contribution in [0.1, 0.15) is 53.9 Å². The van der Waals surface area contributed by atoms with Crippen LogP contribution < -0.4 is 9.64 Å². The van der Waals surface area contributed by atoms with Crippen molar-refractivity contribution in [2.45, 2.75) is 64.6 Å². The predicted octanol–water partition coefficient (Wildman–Crippen LogP) is 3.50.